The predicted molar refractivity (Wildman–Crippen MR) is 253 cm³/mol. The number of anilines is 4. The van der Waals surface area contributed by atoms with Crippen LogP contribution in [0.25, 0.3) is 0 Å². The second-order valence-corrected chi connectivity index (χ2v) is 16.6. The highest BCUT2D eigenvalue weighted by Gasteiger charge is 2.27. The zero-order valence-corrected chi connectivity index (χ0v) is 39.4. The maximum absolute atomic E-state index is 13.4. The van der Waals surface area contributed by atoms with Crippen LogP contribution in [0.15, 0.2) is 93.3 Å². The molecule has 0 bridgehead atoms. The summed E-state index contributed by atoms with van der Waals surface area (Å²) < 4.78 is 0. The molecular formula is C42H30Cl8N8O6. The van der Waals surface area contributed by atoms with Gasteiger partial charge in [0.05, 0.1) is 62.7 Å². The maximum Gasteiger partial charge on any atom is 0.258 e. The van der Waals surface area contributed by atoms with Gasteiger partial charge in [0.15, 0.2) is 11.6 Å². The van der Waals surface area contributed by atoms with E-state index in [1.165, 1.54) is 72.8 Å². The van der Waals surface area contributed by atoms with Gasteiger partial charge in [-0.15, -0.1) is 0 Å². The Bertz CT molecular complexity index is 2630. The van der Waals surface area contributed by atoms with Gasteiger partial charge in [0.2, 0.25) is 12.1 Å². The molecule has 0 heterocycles. The molecule has 330 valence electrons. The highest BCUT2D eigenvalue weighted by Crippen LogP contribution is 2.39. The van der Waals surface area contributed by atoms with Crippen LogP contribution in [0.4, 0.5) is 34.1 Å². The van der Waals surface area contributed by atoms with Gasteiger partial charge in [0.1, 0.15) is 11.4 Å². The lowest BCUT2D eigenvalue weighted by molar-refractivity contribution is -0.127. The lowest BCUT2D eigenvalue weighted by atomic mass is 10.0. The van der Waals surface area contributed by atoms with Crippen molar-refractivity contribution in [1.29, 1.82) is 0 Å². The molecule has 0 radical (unpaired) electrons. The van der Waals surface area contributed by atoms with Crippen LogP contribution in [-0.2, 0) is 19.2 Å². The summed E-state index contributed by atoms with van der Waals surface area (Å²) in [5.41, 5.74) is 1.45. The Morgan fingerprint density at radius 3 is 1.14 bits per heavy atom. The summed E-state index contributed by atoms with van der Waals surface area (Å²) in [6.45, 7) is 5.58. The normalized spacial score (nSPS) is 12.2. The van der Waals surface area contributed by atoms with Crippen LogP contribution in [0.1, 0.15) is 45.7 Å². The molecule has 22 heteroatoms. The van der Waals surface area contributed by atoms with Crippen molar-refractivity contribution in [2.75, 3.05) is 21.3 Å². The highest BCUT2D eigenvalue weighted by atomic mass is 35.5. The third-order valence-electron chi connectivity index (χ3n) is 9.14. The molecule has 0 aliphatic carbocycles. The summed E-state index contributed by atoms with van der Waals surface area (Å²) in [6, 6.07) is 14.0. The molecule has 2 atom stereocenters. The second-order valence-electron chi connectivity index (χ2n) is 13.5. The number of carbonyl (C=O) groups excluding carboxylic acids is 6. The van der Waals surface area contributed by atoms with E-state index in [0.717, 1.165) is 13.8 Å². The number of carbonyl (C=O) groups is 6. The third kappa shape index (κ3) is 11.6. The van der Waals surface area contributed by atoms with E-state index in [2.05, 4.69) is 41.7 Å². The van der Waals surface area contributed by atoms with Crippen molar-refractivity contribution in [1.82, 2.24) is 0 Å². The van der Waals surface area contributed by atoms with Gasteiger partial charge in [0.25, 0.3) is 23.6 Å². The van der Waals surface area contributed by atoms with Crippen molar-refractivity contribution in [2.45, 2.75) is 39.8 Å². The first-order valence-electron chi connectivity index (χ1n) is 18.2. The van der Waals surface area contributed by atoms with E-state index in [9.17, 15) is 28.8 Å². The Kier molecular flexibility index (Phi) is 16.9. The number of ketones is 2. The Morgan fingerprint density at radius 2 is 0.797 bits per heavy atom. The van der Waals surface area contributed by atoms with Crippen molar-refractivity contribution >= 4 is 162 Å². The SMILES string of the molecule is CC(=O)C(N=Nc1cccc(C(=O)Nc2c(Cl)ccc(Cl)c2Cl)c1Cl)C(=O)Nc1ccc(NC(=O)C(N=Nc2cccc(C(=O)Nc3c(Cl)ccc(Cl)c3Cl)c2Cl)C(C)=O)c(C)c1C. The Labute approximate surface area is 405 Å². The second kappa shape index (κ2) is 21.7. The molecule has 0 aromatic heterocycles. The zero-order chi connectivity index (χ0) is 47.2. The lowest BCUT2D eigenvalue weighted by Gasteiger charge is -2.17. The minimum atomic E-state index is -1.64. The molecule has 0 aliphatic rings. The van der Waals surface area contributed by atoms with Gasteiger partial charge < -0.3 is 21.3 Å². The van der Waals surface area contributed by atoms with Crippen LogP contribution in [0, 0.1) is 13.8 Å². The van der Waals surface area contributed by atoms with Gasteiger partial charge >= 0.3 is 0 Å². The number of nitrogens with one attached hydrogen (secondary N) is 4. The number of amides is 4. The van der Waals surface area contributed by atoms with E-state index in [4.69, 9.17) is 92.8 Å². The summed E-state index contributed by atoms with van der Waals surface area (Å²) in [7, 11) is 0. The molecule has 4 amide bonds. The molecule has 0 saturated heterocycles. The summed E-state index contributed by atoms with van der Waals surface area (Å²) in [6.07, 6.45) is 0. The van der Waals surface area contributed by atoms with Gasteiger partial charge in [-0.2, -0.15) is 20.5 Å². The van der Waals surface area contributed by atoms with Gasteiger partial charge in [-0.3, -0.25) is 28.8 Å². The van der Waals surface area contributed by atoms with Crippen molar-refractivity contribution in [3.8, 4) is 0 Å². The molecule has 0 saturated carbocycles. The quantitative estimate of drug-likeness (QED) is 0.0484. The van der Waals surface area contributed by atoms with E-state index in [1.54, 1.807) is 13.8 Å². The van der Waals surface area contributed by atoms with E-state index < -0.39 is 47.3 Å². The molecule has 4 N–H and O–H groups in total. The maximum atomic E-state index is 13.4. The number of benzene rings is 5. The van der Waals surface area contributed by atoms with Gasteiger partial charge in [-0.1, -0.05) is 105 Å². The van der Waals surface area contributed by atoms with Crippen LogP contribution in [0.2, 0.25) is 40.2 Å². The van der Waals surface area contributed by atoms with E-state index >= 15 is 0 Å². The minimum absolute atomic E-state index is 0.0138. The van der Waals surface area contributed by atoms with Crippen LogP contribution in [0.3, 0.4) is 0 Å². The summed E-state index contributed by atoms with van der Waals surface area (Å²) in [5, 5.41) is 26.6. The molecule has 0 fully saturated rings. The summed E-state index contributed by atoms with van der Waals surface area (Å²) >= 11 is 49.9. The molecule has 5 aromatic rings. The largest absolute Gasteiger partial charge is 0.324 e. The molecule has 5 aromatic carbocycles. The minimum Gasteiger partial charge on any atom is -0.324 e. The first-order chi connectivity index (χ1) is 30.2. The van der Waals surface area contributed by atoms with Crippen LogP contribution < -0.4 is 21.3 Å². The van der Waals surface area contributed by atoms with Crippen LogP contribution >= 0.6 is 92.8 Å². The molecule has 64 heavy (non-hydrogen) atoms. The highest BCUT2D eigenvalue weighted by molar-refractivity contribution is 6.48. The Morgan fingerprint density at radius 1 is 0.453 bits per heavy atom. The number of nitrogens with zero attached hydrogens (tertiary/aromatic N) is 4. The van der Waals surface area contributed by atoms with E-state index in [1.807, 2.05) is 0 Å². The Hall–Kier alpha value is -5.16. The fourth-order valence-electron chi connectivity index (χ4n) is 5.56. The lowest BCUT2D eigenvalue weighted by Crippen LogP contribution is -2.33. The smallest absolute Gasteiger partial charge is 0.258 e. The molecule has 5 rings (SSSR count). The average molecular weight is 1030 g/mol. The van der Waals surface area contributed by atoms with Crippen LogP contribution in [0.5, 0.6) is 0 Å². The fourth-order valence-corrected chi connectivity index (χ4v) is 7.30. The van der Waals surface area contributed by atoms with Gasteiger partial charge in [-0.25, -0.2) is 0 Å². The number of azo groups is 2. The van der Waals surface area contributed by atoms with Crippen molar-refractivity contribution < 1.29 is 28.8 Å². The number of hydrogen-bond donors (Lipinski definition) is 4. The van der Waals surface area contributed by atoms with Gasteiger partial charge in [0, 0.05) is 11.4 Å². The van der Waals surface area contributed by atoms with Crippen molar-refractivity contribution in [2.24, 2.45) is 20.5 Å². The molecular weight excluding hydrogens is 996 g/mol. The Balaban J connectivity index is 1.28. The van der Waals surface area contributed by atoms with Crippen molar-refractivity contribution in [3.05, 3.63) is 135 Å². The first-order valence-corrected chi connectivity index (χ1v) is 21.2. The zero-order valence-electron chi connectivity index (χ0n) is 33.3. The first kappa shape index (κ1) is 49.8. The number of hydrogen-bond acceptors (Lipinski definition) is 10. The van der Waals surface area contributed by atoms with E-state index in [-0.39, 0.29) is 85.4 Å². The molecule has 0 spiro atoms. The third-order valence-corrected chi connectivity index (χ3v) is 12.2. The topological polar surface area (TPSA) is 200 Å². The standard InChI is InChI=1S/C42H30Cl8N8O6/c1-17-18(2)28(52-42(64)36(20(4)60)58-56-30-10-6-8-22(32(30)48)40(62)54-38-26(46)14-12-24(44)34(38)50)16-15-27(17)51-41(63)35(19(3)59)57-55-29-9-5-7-21(31(29)47)39(61)53-37-25(45)13-11-23(43)33(37)49/h5-16,35-36H,1-4H3,(H,51,63)(H,52,64)(H,53,61)(H,54,62). The molecule has 14 nitrogen and oxygen atoms in total. The molecule has 0 aliphatic heterocycles. The van der Waals surface area contributed by atoms with E-state index in [0.29, 0.717) is 11.1 Å². The van der Waals surface area contributed by atoms with Gasteiger partial charge in [-0.05, 0) is 99.5 Å². The summed E-state index contributed by atoms with van der Waals surface area (Å²) in [4.78, 5) is 78.4. The monoisotopic (exact) mass is 1020 g/mol. The fraction of sp³-hybridized carbons (Fsp3) is 0.143. The average Bonchev–Trinajstić information content (AvgIpc) is 3.24. The number of Topliss-reactive ketones (excluding diaryl/α,β-unsaturated/α-hetero) is 2. The van der Waals surface area contributed by atoms with Crippen LogP contribution in [-0.4, -0.2) is 47.3 Å². The van der Waals surface area contributed by atoms with Crippen molar-refractivity contribution in [3.63, 3.8) is 0 Å². The summed E-state index contributed by atoms with van der Waals surface area (Å²) in [5.74, 6) is -4.43. The number of halogens is 8. The predicted octanol–water partition coefficient (Wildman–Crippen LogP) is 13.4. The molecule has 2 unspecified atom stereocenters. The number of rotatable bonds is 14.